The number of Topliss-reactive ketones (excluding diaryl/α,β-unsaturated/α-hetero) is 1. The lowest BCUT2D eigenvalue weighted by molar-refractivity contribution is -0.120. The summed E-state index contributed by atoms with van der Waals surface area (Å²) in [5.41, 5.74) is 1.21. The van der Waals surface area contributed by atoms with E-state index in [1.54, 1.807) is 0 Å². The quantitative estimate of drug-likeness (QED) is 0.653. The Morgan fingerprint density at radius 2 is 2.23 bits per heavy atom. The minimum atomic E-state index is 0.326. The maximum absolute atomic E-state index is 11.2. The minimum Gasteiger partial charge on any atom is -0.324 e. The van der Waals surface area contributed by atoms with E-state index >= 15 is 0 Å². The van der Waals surface area contributed by atoms with E-state index in [1.807, 2.05) is 6.20 Å². The van der Waals surface area contributed by atoms with Crippen LogP contribution in [-0.2, 0) is 17.8 Å². The van der Waals surface area contributed by atoms with Crippen molar-refractivity contribution in [1.29, 1.82) is 0 Å². The summed E-state index contributed by atoms with van der Waals surface area (Å²) in [7, 11) is 0. The van der Waals surface area contributed by atoms with E-state index in [1.165, 1.54) is 5.69 Å². The molecule has 13 heavy (non-hydrogen) atoms. The zero-order valence-electron chi connectivity index (χ0n) is 8.08. The first-order valence-corrected chi connectivity index (χ1v) is 4.74. The first-order valence-electron chi connectivity index (χ1n) is 4.74. The molecule has 0 aliphatic carbocycles. The SMILES string of the molecule is CC(C)c1ncc2n1CC(=O)CC2. The third-order valence-corrected chi connectivity index (χ3v) is 2.48. The Balaban J connectivity index is 2.41. The fourth-order valence-corrected chi connectivity index (χ4v) is 1.79. The van der Waals surface area contributed by atoms with Crippen molar-refractivity contribution in [2.24, 2.45) is 0 Å². The number of carbonyl (C=O) groups excluding carboxylic acids is 1. The maximum atomic E-state index is 11.2. The van der Waals surface area contributed by atoms with E-state index in [2.05, 4.69) is 23.4 Å². The first kappa shape index (κ1) is 8.48. The number of nitrogens with zero attached hydrogens (tertiary/aromatic N) is 2. The summed E-state index contributed by atoms with van der Waals surface area (Å²) in [6.45, 7) is 4.74. The van der Waals surface area contributed by atoms with Crippen LogP contribution < -0.4 is 0 Å². The molecule has 0 aromatic carbocycles. The molecule has 3 heteroatoms. The van der Waals surface area contributed by atoms with Crippen LogP contribution in [0, 0.1) is 0 Å². The van der Waals surface area contributed by atoms with Gasteiger partial charge >= 0.3 is 0 Å². The second kappa shape index (κ2) is 2.98. The third kappa shape index (κ3) is 1.39. The lowest BCUT2D eigenvalue weighted by atomic mass is 10.1. The lowest BCUT2D eigenvalue weighted by Gasteiger charge is -2.16. The number of imidazole rings is 1. The second-order valence-electron chi connectivity index (χ2n) is 3.89. The number of aromatic nitrogens is 2. The van der Waals surface area contributed by atoms with Crippen LogP contribution in [0.3, 0.4) is 0 Å². The van der Waals surface area contributed by atoms with Gasteiger partial charge in [0.2, 0.25) is 0 Å². The highest BCUT2D eigenvalue weighted by atomic mass is 16.1. The number of aryl methyl sites for hydroxylation is 1. The number of hydrogen-bond acceptors (Lipinski definition) is 2. The summed E-state index contributed by atoms with van der Waals surface area (Å²) in [6.07, 6.45) is 3.45. The molecular formula is C10H14N2O. The average molecular weight is 178 g/mol. The van der Waals surface area contributed by atoms with Gasteiger partial charge in [-0.15, -0.1) is 0 Å². The van der Waals surface area contributed by atoms with Crippen LogP contribution in [0.5, 0.6) is 0 Å². The van der Waals surface area contributed by atoms with E-state index in [9.17, 15) is 4.79 Å². The largest absolute Gasteiger partial charge is 0.324 e. The predicted molar refractivity (Wildman–Crippen MR) is 49.6 cm³/mol. The Bertz CT molecular complexity index is 339. The molecule has 0 N–H and O–H groups in total. The van der Waals surface area contributed by atoms with Gasteiger partial charge in [-0.05, 0) is 6.42 Å². The van der Waals surface area contributed by atoms with E-state index < -0.39 is 0 Å². The zero-order chi connectivity index (χ0) is 9.42. The molecule has 0 radical (unpaired) electrons. The molecule has 2 heterocycles. The molecule has 0 saturated heterocycles. The number of carbonyl (C=O) groups is 1. The molecule has 0 saturated carbocycles. The van der Waals surface area contributed by atoms with Gasteiger partial charge < -0.3 is 4.57 Å². The molecule has 1 aliphatic rings. The van der Waals surface area contributed by atoms with Crippen molar-refractivity contribution in [1.82, 2.24) is 9.55 Å². The predicted octanol–water partition coefficient (Wildman–Crippen LogP) is 1.52. The molecule has 0 spiro atoms. The molecule has 0 amide bonds. The van der Waals surface area contributed by atoms with Crippen LogP contribution in [0.1, 0.15) is 37.7 Å². The number of ketones is 1. The number of hydrogen-bond donors (Lipinski definition) is 0. The highest BCUT2D eigenvalue weighted by Gasteiger charge is 2.19. The van der Waals surface area contributed by atoms with Crippen molar-refractivity contribution in [3.05, 3.63) is 17.7 Å². The summed E-state index contributed by atoms with van der Waals surface area (Å²) in [4.78, 5) is 15.6. The fraction of sp³-hybridized carbons (Fsp3) is 0.600. The molecule has 1 aromatic rings. The first-order chi connectivity index (χ1) is 6.18. The molecule has 3 nitrogen and oxygen atoms in total. The Kier molecular flexibility index (Phi) is 1.94. The summed E-state index contributed by atoms with van der Waals surface area (Å²) >= 11 is 0. The minimum absolute atomic E-state index is 0.326. The molecule has 70 valence electrons. The molecule has 2 rings (SSSR count). The van der Waals surface area contributed by atoms with Crippen molar-refractivity contribution in [2.45, 2.75) is 39.2 Å². The summed E-state index contributed by atoms with van der Waals surface area (Å²) < 4.78 is 2.07. The zero-order valence-corrected chi connectivity index (χ0v) is 8.08. The van der Waals surface area contributed by atoms with E-state index in [-0.39, 0.29) is 0 Å². The van der Waals surface area contributed by atoms with Gasteiger partial charge in [0.05, 0.1) is 6.54 Å². The fourth-order valence-electron chi connectivity index (χ4n) is 1.79. The van der Waals surface area contributed by atoms with Gasteiger partial charge in [-0.1, -0.05) is 13.8 Å². The molecule has 0 unspecified atom stereocenters. The molecule has 0 bridgehead atoms. The van der Waals surface area contributed by atoms with Crippen LogP contribution in [-0.4, -0.2) is 15.3 Å². The molecule has 0 atom stereocenters. The highest BCUT2D eigenvalue weighted by Crippen LogP contribution is 2.19. The van der Waals surface area contributed by atoms with Gasteiger partial charge in [-0.25, -0.2) is 4.98 Å². The van der Waals surface area contributed by atoms with E-state index in [4.69, 9.17) is 0 Å². The van der Waals surface area contributed by atoms with E-state index in [0.29, 0.717) is 24.7 Å². The van der Waals surface area contributed by atoms with Crippen molar-refractivity contribution < 1.29 is 4.79 Å². The Hall–Kier alpha value is -1.12. The second-order valence-corrected chi connectivity index (χ2v) is 3.89. The van der Waals surface area contributed by atoms with Gasteiger partial charge in [0.15, 0.2) is 5.78 Å². The topological polar surface area (TPSA) is 34.9 Å². The maximum Gasteiger partial charge on any atom is 0.152 e. The average Bonchev–Trinajstić information content (AvgIpc) is 2.46. The third-order valence-electron chi connectivity index (χ3n) is 2.48. The molecule has 1 aliphatic heterocycles. The van der Waals surface area contributed by atoms with Gasteiger partial charge in [0.25, 0.3) is 0 Å². The summed E-state index contributed by atoms with van der Waals surface area (Å²) in [5.74, 6) is 1.77. The van der Waals surface area contributed by atoms with Gasteiger partial charge in [-0.3, -0.25) is 4.79 Å². The van der Waals surface area contributed by atoms with Crippen molar-refractivity contribution in [3.63, 3.8) is 0 Å². The Morgan fingerprint density at radius 1 is 1.46 bits per heavy atom. The van der Waals surface area contributed by atoms with Crippen molar-refractivity contribution >= 4 is 5.78 Å². The van der Waals surface area contributed by atoms with Crippen LogP contribution in [0.2, 0.25) is 0 Å². The van der Waals surface area contributed by atoms with Crippen molar-refractivity contribution in [3.8, 4) is 0 Å². The van der Waals surface area contributed by atoms with Crippen LogP contribution in [0.4, 0.5) is 0 Å². The summed E-state index contributed by atoms with van der Waals surface area (Å²) in [5, 5.41) is 0. The summed E-state index contributed by atoms with van der Waals surface area (Å²) in [6, 6.07) is 0. The highest BCUT2D eigenvalue weighted by molar-refractivity contribution is 5.79. The van der Waals surface area contributed by atoms with Crippen molar-refractivity contribution in [2.75, 3.05) is 0 Å². The molecule has 0 fully saturated rings. The molecule has 1 aromatic heterocycles. The van der Waals surface area contributed by atoms with Gasteiger partial charge in [-0.2, -0.15) is 0 Å². The van der Waals surface area contributed by atoms with Crippen LogP contribution in [0.25, 0.3) is 0 Å². The monoisotopic (exact) mass is 178 g/mol. The normalized spacial score (nSPS) is 16.4. The van der Waals surface area contributed by atoms with E-state index in [0.717, 1.165) is 12.2 Å². The van der Waals surface area contributed by atoms with Crippen LogP contribution in [0.15, 0.2) is 6.20 Å². The smallest absolute Gasteiger partial charge is 0.152 e. The molecular weight excluding hydrogens is 164 g/mol. The van der Waals surface area contributed by atoms with Crippen LogP contribution >= 0.6 is 0 Å². The lowest BCUT2D eigenvalue weighted by Crippen LogP contribution is -2.21. The van der Waals surface area contributed by atoms with Gasteiger partial charge in [0, 0.05) is 24.2 Å². The standard InChI is InChI=1S/C10H14N2O/c1-7(2)10-11-5-8-3-4-9(13)6-12(8)10/h5,7H,3-4,6H2,1-2H3. The Labute approximate surface area is 77.8 Å². The number of fused-ring (bicyclic) bond motifs is 1. The Morgan fingerprint density at radius 3 is 2.92 bits per heavy atom. The number of rotatable bonds is 1. The van der Waals surface area contributed by atoms with Gasteiger partial charge in [0.1, 0.15) is 5.82 Å².